The van der Waals surface area contributed by atoms with Gasteiger partial charge < -0.3 is 28.7 Å². The van der Waals surface area contributed by atoms with Gasteiger partial charge in [-0.05, 0) is 84.8 Å². The summed E-state index contributed by atoms with van der Waals surface area (Å²) in [4.78, 5) is 26.9. The number of alkyl carbamates (subject to hydrolysis) is 1. The van der Waals surface area contributed by atoms with E-state index in [1.807, 2.05) is 124 Å². The van der Waals surface area contributed by atoms with Crippen LogP contribution >= 0.6 is 11.6 Å². The number of halogens is 1. The Hall–Kier alpha value is -4.89. The maximum atomic E-state index is 13.5. The summed E-state index contributed by atoms with van der Waals surface area (Å²) in [5.74, 6) is 1.43. The number of nitrogens with one attached hydrogen (secondary N) is 1. The lowest BCUT2D eigenvalue weighted by Crippen LogP contribution is -2.65. The minimum Gasteiger partial charge on any atom is -0.489 e. The molecule has 7 nitrogen and oxygen atoms in total. The van der Waals surface area contributed by atoms with Crippen LogP contribution in [0.4, 0.5) is 4.79 Å². The Morgan fingerprint density at radius 3 is 1.89 bits per heavy atom. The summed E-state index contributed by atoms with van der Waals surface area (Å²) in [5, 5.41) is 5.72. The normalized spacial score (nSPS) is 13.4. The lowest BCUT2D eigenvalue weighted by molar-refractivity contribution is -0.122. The minimum atomic E-state index is -1.72. The summed E-state index contributed by atoms with van der Waals surface area (Å²) in [7, 11) is -1.72. The molecular formula is C46H51ClNO6Si. The van der Waals surface area contributed by atoms with Gasteiger partial charge in [0.2, 0.25) is 0 Å². The number of hydrogen-bond acceptors (Lipinski definition) is 6. The van der Waals surface area contributed by atoms with Gasteiger partial charge in [0.05, 0.1) is 0 Å². The molecule has 5 aromatic rings. The van der Waals surface area contributed by atoms with Crippen LogP contribution in [-0.2, 0) is 27.0 Å². The van der Waals surface area contributed by atoms with E-state index in [1.54, 1.807) is 26.8 Å². The fourth-order valence-corrected chi connectivity index (χ4v) is 8.73. The van der Waals surface area contributed by atoms with Crippen LogP contribution in [0.25, 0.3) is 0 Å². The van der Waals surface area contributed by atoms with Crippen molar-refractivity contribution in [3.05, 3.63) is 150 Å². The molecule has 1 radical (unpaired) electrons. The number of carbonyl (C=O) groups excluding carboxylic acids is 2. The molecule has 0 saturated carbocycles. The first kappa shape index (κ1) is 41.3. The smallest absolute Gasteiger partial charge is 0.408 e. The first-order chi connectivity index (χ1) is 26.3. The molecule has 0 heterocycles. The van der Waals surface area contributed by atoms with E-state index in [9.17, 15) is 9.59 Å². The summed E-state index contributed by atoms with van der Waals surface area (Å²) in [6.07, 6.45) is 1.19. The van der Waals surface area contributed by atoms with Crippen molar-refractivity contribution in [3.63, 3.8) is 0 Å². The molecule has 0 aliphatic heterocycles. The Labute approximate surface area is 332 Å². The van der Waals surface area contributed by atoms with E-state index >= 15 is 0 Å². The third kappa shape index (κ3) is 11.6. The van der Waals surface area contributed by atoms with E-state index in [1.165, 1.54) is 0 Å². The third-order valence-electron chi connectivity index (χ3n) is 9.36. The van der Waals surface area contributed by atoms with Crippen molar-refractivity contribution in [1.82, 2.24) is 5.32 Å². The molecule has 1 amide bonds. The second-order valence-electron chi connectivity index (χ2n) is 15.6. The SMILES string of the molecule is CC(C)(C)OC(=O)NC(C=O)(C(CCc1ccc(Oc2cccc(OCc3ccccc3)c2)cc1Cl)CO[Si](c1ccccc1)c1ccccc1)C(C)(C)C. The van der Waals surface area contributed by atoms with Gasteiger partial charge in [0.1, 0.15) is 41.3 Å². The van der Waals surface area contributed by atoms with Crippen LogP contribution in [0.1, 0.15) is 59.1 Å². The van der Waals surface area contributed by atoms with Crippen molar-refractivity contribution in [2.24, 2.45) is 11.3 Å². The number of benzene rings is 5. The molecule has 0 fully saturated rings. The summed E-state index contributed by atoms with van der Waals surface area (Å²) < 4.78 is 24.8. The molecule has 2 unspecified atom stereocenters. The molecule has 0 aromatic heterocycles. The first-order valence-corrected chi connectivity index (χ1v) is 20.4. The molecule has 9 heteroatoms. The molecule has 287 valence electrons. The van der Waals surface area contributed by atoms with Crippen LogP contribution in [0.2, 0.25) is 5.02 Å². The fourth-order valence-electron chi connectivity index (χ4n) is 6.44. The van der Waals surface area contributed by atoms with Crippen LogP contribution in [0.3, 0.4) is 0 Å². The number of rotatable bonds is 16. The van der Waals surface area contributed by atoms with Crippen molar-refractivity contribution >= 4 is 43.4 Å². The molecule has 0 bridgehead atoms. The van der Waals surface area contributed by atoms with Crippen LogP contribution < -0.4 is 25.2 Å². The van der Waals surface area contributed by atoms with Gasteiger partial charge in [0.25, 0.3) is 9.04 Å². The van der Waals surface area contributed by atoms with E-state index in [4.69, 9.17) is 30.2 Å². The van der Waals surface area contributed by atoms with Crippen molar-refractivity contribution in [2.45, 2.75) is 72.1 Å². The van der Waals surface area contributed by atoms with E-state index in [0.29, 0.717) is 41.7 Å². The van der Waals surface area contributed by atoms with Crippen LogP contribution in [0.5, 0.6) is 17.2 Å². The Balaban J connectivity index is 1.39. The second-order valence-corrected chi connectivity index (χ2v) is 18.1. The molecule has 0 aliphatic rings. The maximum absolute atomic E-state index is 13.5. The van der Waals surface area contributed by atoms with Gasteiger partial charge in [0.15, 0.2) is 0 Å². The molecule has 0 aliphatic carbocycles. The highest BCUT2D eigenvalue weighted by Gasteiger charge is 2.50. The van der Waals surface area contributed by atoms with Gasteiger partial charge in [-0.25, -0.2) is 4.79 Å². The number of aldehydes is 1. The second kappa shape index (κ2) is 18.6. The van der Waals surface area contributed by atoms with Gasteiger partial charge in [-0.15, -0.1) is 0 Å². The van der Waals surface area contributed by atoms with Crippen molar-refractivity contribution in [3.8, 4) is 17.2 Å². The van der Waals surface area contributed by atoms with E-state index in [2.05, 4.69) is 29.6 Å². The Morgan fingerprint density at radius 2 is 1.33 bits per heavy atom. The number of hydrogen-bond donors (Lipinski definition) is 1. The first-order valence-electron chi connectivity index (χ1n) is 18.6. The number of amides is 1. The quantitative estimate of drug-likeness (QED) is 0.0794. The van der Waals surface area contributed by atoms with Gasteiger partial charge >= 0.3 is 6.09 Å². The molecule has 2 atom stereocenters. The lowest BCUT2D eigenvalue weighted by Gasteiger charge is -2.47. The standard InChI is InChI=1S/C46H51ClNO6Si/c1-44(2,3)46(33-49,48-43(50)54-45(4,5)6)36(32-52-55(40-21-12-8-13-22-40)41-23-14-9-15-24-41)27-25-35-26-28-39(30-42(35)47)53-38-20-16-19-37(29-38)51-31-34-17-10-7-11-18-34/h7-24,26,28-30,33,36H,25,27,31-32H2,1-6H3,(H,48,50). The molecule has 0 saturated heterocycles. The Bertz CT molecular complexity index is 1940. The molecule has 1 N–H and O–H groups in total. The zero-order valence-electron chi connectivity index (χ0n) is 32.5. The predicted octanol–water partition coefficient (Wildman–Crippen LogP) is 9.59. The summed E-state index contributed by atoms with van der Waals surface area (Å²) >= 11 is 6.92. The van der Waals surface area contributed by atoms with E-state index in [-0.39, 0.29) is 6.61 Å². The van der Waals surface area contributed by atoms with Gasteiger partial charge in [-0.2, -0.15) is 0 Å². The van der Waals surface area contributed by atoms with Crippen LogP contribution in [-0.4, -0.2) is 39.2 Å². The summed E-state index contributed by atoms with van der Waals surface area (Å²) in [6, 6.07) is 43.4. The zero-order chi connectivity index (χ0) is 39.5. The average Bonchev–Trinajstić information content (AvgIpc) is 3.15. The number of aryl methyl sites for hydroxylation is 1. The maximum Gasteiger partial charge on any atom is 0.408 e. The summed E-state index contributed by atoms with van der Waals surface area (Å²) in [6.45, 7) is 11.9. The van der Waals surface area contributed by atoms with E-state index < -0.39 is 37.6 Å². The fraction of sp³-hybridized carbons (Fsp3) is 0.304. The molecule has 0 spiro atoms. The third-order valence-corrected chi connectivity index (χ3v) is 11.9. The number of ether oxygens (including phenoxy) is 3. The van der Waals surface area contributed by atoms with Gasteiger partial charge in [0, 0.05) is 23.6 Å². The lowest BCUT2D eigenvalue weighted by atomic mass is 9.65. The van der Waals surface area contributed by atoms with Crippen LogP contribution in [0, 0.1) is 11.3 Å². The topological polar surface area (TPSA) is 83.1 Å². The molecular weight excluding hydrogens is 726 g/mol. The highest BCUT2D eigenvalue weighted by Crippen LogP contribution is 2.39. The molecule has 5 rings (SSSR count). The highest BCUT2D eigenvalue weighted by atomic mass is 35.5. The monoisotopic (exact) mass is 776 g/mol. The van der Waals surface area contributed by atoms with Crippen molar-refractivity contribution in [2.75, 3.05) is 6.61 Å². The predicted molar refractivity (Wildman–Crippen MR) is 222 cm³/mol. The minimum absolute atomic E-state index is 0.200. The average molecular weight is 777 g/mol. The zero-order valence-corrected chi connectivity index (χ0v) is 34.3. The Kier molecular flexibility index (Phi) is 14.0. The largest absolute Gasteiger partial charge is 0.489 e. The summed E-state index contributed by atoms with van der Waals surface area (Å²) in [5.41, 5.74) is -0.868. The van der Waals surface area contributed by atoms with Gasteiger partial charge in [-0.3, -0.25) is 0 Å². The van der Waals surface area contributed by atoms with Crippen LogP contribution in [0.15, 0.2) is 133 Å². The molecule has 5 aromatic carbocycles. The molecule has 55 heavy (non-hydrogen) atoms. The Morgan fingerprint density at radius 1 is 0.745 bits per heavy atom. The van der Waals surface area contributed by atoms with Crippen molar-refractivity contribution < 1.29 is 28.2 Å². The van der Waals surface area contributed by atoms with Gasteiger partial charge in [-0.1, -0.05) is 136 Å². The van der Waals surface area contributed by atoms with Crippen molar-refractivity contribution in [1.29, 1.82) is 0 Å². The number of carbonyl (C=O) groups is 2. The van der Waals surface area contributed by atoms with E-state index in [0.717, 1.165) is 27.8 Å². The highest BCUT2D eigenvalue weighted by molar-refractivity contribution is 6.80.